The van der Waals surface area contributed by atoms with Crippen LogP contribution in [0.4, 0.5) is 5.69 Å². The molecular formula is C16H14ClN3. The van der Waals surface area contributed by atoms with Crippen LogP contribution >= 0.6 is 11.6 Å². The summed E-state index contributed by atoms with van der Waals surface area (Å²) in [7, 11) is 0. The lowest BCUT2D eigenvalue weighted by Gasteiger charge is -2.11. The number of halogens is 1. The lowest BCUT2D eigenvalue weighted by atomic mass is 10.1. The molecule has 0 spiro atoms. The van der Waals surface area contributed by atoms with Gasteiger partial charge < -0.3 is 5.32 Å². The van der Waals surface area contributed by atoms with E-state index in [2.05, 4.69) is 22.2 Å². The van der Waals surface area contributed by atoms with Crippen molar-refractivity contribution in [2.24, 2.45) is 0 Å². The second kappa shape index (κ2) is 5.47. The molecule has 3 rings (SSSR count). The van der Waals surface area contributed by atoms with Crippen LogP contribution in [0, 0.1) is 6.92 Å². The first kappa shape index (κ1) is 12.9. The van der Waals surface area contributed by atoms with Crippen molar-refractivity contribution in [3.63, 3.8) is 0 Å². The van der Waals surface area contributed by atoms with Crippen molar-refractivity contribution in [3.8, 4) is 0 Å². The minimum absolute atomic E-state index is 0.715. The summed E-state index contributed by atoms with van der Waals surface area (Å²) in [5.41, 5.74) is 4.26. The number of rotatable bonds is 3. The van der Waals surface area contributed by atoms with Crippen LogP contribution in [0.2, 0.25) is 5.02 Å². The van der Waals surface area contributed by atoms with Gasteiger partial charge in [-0.05, 0) is 48.4 Å². The second-order valence-electron chi connectivity index (χ2n) is 4.65. The zero-order chi connectivity index (χ0) is 13.9. The summed E-state index contributed by atoms with van der Waals surface area (Å²) in [4.78, 5) is 8.57. The smallest absolute Gasteiger partial charge is 0.0948 e. The molecule has 3 nitrogen and oxygen atoms in total. The Kier molecular flexibility index (Phi) is 3.52. The van der Waals surface area contributed by atoms with E-state index in [0.717, 1.165) is 21.6 Å². The maximum Gasteiger partial charge on any atom is 0.0948 e. The Bertz CT molecular complexity index is 756. The van der Waals surface area contributed by atoms with Crippen LogP contribution in [0.15, 0.2) is 48.9 Å². The topological polar surface area (TPSA) is 37.8 Å². The number of anilines is 1. The molecule has 3 aromatic rings. The summed E-state index contributed by atoms with van der Waals surface area (Å²) in [6, 6.07) is 9.73. The zero-order valence-electron chi connectivity index (χ0n) is 11.1. The molecule has 0 aliphatic heterocycles. The monoisotopic (exact) mass is 283 g/mol. The first-order valence-electron chi connectivity index (χ1n) is 6.42. The number of fused-ring (bicyclic) bond motifs is 1. The van der Waals surface area contributed by atoms with Crippen LogP contribution in [0.25, 0.3) is 10.9 Å². The number of pyridine rings is 2. The highest BCUT2D eigenvalue weighted by molar-refractivity contribution is 6.35. The van der Waals surface area contributed by atoms with Crippen molar-refractivity contribution in [1.29, 1.82) is 0 Å². The first-order valence-corrected chi connectivity index (χ1v) is 6.80. The molecule has 4 heteroatoms. The van der Waals surface area contributed by atoms with Gasteiger partial charge in [-0.3, -0.25) is 9.97 Å². The van der Waals surface area contributed by atoms with Gasteiger partial charge in [-0.25, -0.2) is 0 Å². The fourth-order valence-electron chi connectivity index (χ4n) is 2.15. The molecule has 0 radical (unpaired) electrons. The van der Waals surface area contributed by atoms with E-state index in [1.807, 2.05) is 36.5 Å². The summed E-state index contributed by atoms with van der Waals surface area (Å²) in [6.45, 7) is 2.80. The van der Waals surface area contributed by atoms with E-state index < -0.39 is 0 Å². The van der Waals surface area contributed by atoms with Crippen LogP contribution in [0.3, 0.4) is 0 Å². The minimum Gasteiger partial charge on any atom is -0.379 e. The third-order valence-electron chi connectivity index (χ3n) is 3.33. The van der Waals surface area contributed by atoms with E-state index in [1.165, 1.54) is 11.1 Å². The molecule has 0 aliphatic carbocycles. The van der Waals surface area contributed by atoms with E-state index in [4.69, 9.17) is 11.6 Å². The zero-order valence-corrected chi connectivity index (χ0v) is 11.9. The molecule has 0 atom stereocenters. The average Bonchev–Trinajstić information content (AvgIpc) is 2.48. The molecule has 2 heterocycles. The number of nitrogens with zero attached hydrogens (tertiary/aromatic N) is 2. The fraction of sp³-hybridized carbons (Fsp3) is 0.125. The Balaban J connectivity index is 1.92. The van der Waals surface area contributed by atoms with Gasteiger partial charge in [0.1, 0.15) is 0 Å². The van der Waals surface area contributed by atoms with Crippen molar-refractivity contribution in [1.82, 2.24) is 9.97 Å². The molecule has 0 amide bonds. The van der Waals surface area contributed by atoms with Crippen molar-refractivity contribution in [2.75, 3.05) is 5.32 Å². The Labute approximate surface area is 122 Å². The van der Waals surface area contributed by atoms with Gasteiger partial charge in [0.15, 0.2) is 0 Å². The van der Waals surface area contributed by atoms with E-state index in [9.17, 15) is 0 Å². The minimum atomic E-state index is 0.715. The molecule has 0 fully saturated rings. The van der Waals surface area contributed by atoms with Crippen molar-refractivity contribution in [3.05, 3.63) is 65.1 Å². The van der Waals surface area contributed by atoms with E-state index in [0.29, 0.717) is 6.54 Å². The van der Waals surface area contributed by atoms with Gasteiger partial charge >= 0.3 is 0 Å². The van der Waals surface area contributed by atoms with Gasteiger partial charge in [0.2, 0.25) is 0 Å². The van der Waals surface area contributed by atoms with Gasteiger partial charge in [-0.15, -0.1) is 0 Å². The summed E-state index contributed by atoms with van der Waals surface area (Å²) < 4.78 is 0. The fourth-order valence-corrected chi connectivity index (χ4v) is 2.37. The molecular weight excluding hydrogens is 270 g/mol. The lowest BCUT2D eigenvalue weighted by molar-refractivity contribution is 1.08. The van der Waals surface area contributed by atoms with Gasteiger partial charge in [-0.1, -0.05) is 11.6 Å². The summed E-state index contributed by atoms with van der Waals surface area (Å²) in [5.74, 6) is 0. The number of nitrogens with one attached hydrogen (secondary N) is 1. The van der Waals surface area contributed by atoms with Crippen LogP contribution in [-0.2, 0) is 6.54 Å². The van der Waals surface area contributed by atoms with E-state index >= 15 is 0 Å². The number of hydrogen-bond acceptors (Lipinski definition) is 3. The highest BCUT2D eigenvalue weighted by Crippen LogP contribution is 2.28. The molecule has 0 saturated carbocycles. The first-order chi connectivity index (χ1) is 9.75. The second-order valence-corrected chi connectivity index (χ2v) is 5.06. The Hall–Kier alpha value is -2.13. The number of aromatic nitrogens is 2. The predicted molar refractivity (Wildman–Crippen MR) is 83.1 cm³/mol. The van der Waals surface area contributed by atoms with Crippen molar-refractivity contribution < 1.29 is 0 Å². The van der Waals surface area contributed by atoms with Gasteiger partial charge in [0, 0.05) is 30.5 Å². The van der Waals surface area contributed by atoms with Gasteiger partial charge in [0.05, 0.1) is 16.2 Å². The van der Waals surface area contributed by atoms with Crippen LogP contribution in [0.1, 0.15) is 11.1 Å². The summed E-state index contributed by atoms with van der Waals surface area (Å²) in [6.07, 6.45) is 5.46. The number of aryl methyl sites for hydroxylation is 1. The van der Waals surface area contributed by atoms with Gasteiger partial charge in [-0.2, -0.15) is 0 Å². The van der Waals surface area contributed by atoms with Crippen LogP contribution in [0.5, 0.6) is 0 Å². The Morgan fingerprint density at radius 2 is 2.05 bits per heavy atom. The number of hydrogen-bond donors (Lipinski definition) is 1. The SMILES string of the molecule is Cc1ccncc1CNc1ccc(Cl)c2cccnc12. The highest BCUT2D eigenvalue weighted by atomic mass is 35.5. The Morgan fingerprint density at radius 3 is 2.90 bits per heavy atom. The molecule has 0 unspecified atom stereocenters. The maximum absolute atomic E-state index is 6.19. The highest BCUT2D eigenvalue weighted by Gasteiger charge is 2.06. The van der Waals surface area contributed by atoms with E-state index in [1.54, 1.807) is 12.4 Å². The molecule has 0 aliphatic rings. The summed E-state index contributed by atoms with van der Waals surface area (Å²) >= 11 is 6.19. The maximum atomic E-state index is 6.19. The molecule has 1 aromatic carbocycles. The molecule has 0 saturated heterocycles. The van der Waals surface area contributed by atoms with Crippen LogP contribution in [-0.4, -0.2) is 9.97 Å². The van der Waals surface area contributed by atoms with Gasteiger partial charge in [0.25, 0.3) is 0 Å². The molecule has 0 bridgehead atoms. The quantitative estimate of drug-likeness (QED) is 0.783. The summed E-state index contributed by atoms with van der Waals surface area (Å²) in [5, 5.41) is 5.09. The van der Waals surface area contributed by atoms with Crippen molar-refractivity contribution in [2.45, 2.75) is 13.5 Å². The Morgan fingerprint density at radius 1 is 1.15 bits per heavy atom. The predicted octanol–water partition coefficient (Wildman–Crippen LogP) is 4.20. The van der Waals surface area contributed by atoms with E-state index in [-0.39, 0.29) is 0 Å². The van der Waals surface area contributed by atoms with Crippen LogP contribution < -0.4 is 5.32 Å². The molecule has 100 valence electrons. The molecule has 2 aromatic heterocycles. The normalized spacial score (nSPS) is 10.7. The average molecular weight is 284 g/mol. The molecule has 1 N–H and O–H groups in total. The molecule has 20 heavy (non-hydrogen) atoms. The standard InChI is InChI=1S/C16H14ClN3/c1-11-6-8-18-9-12(11)10-20-15-5-4-14(17)13-3-2-7-19-16(13)15/h2-9,20H,10H2,1H3. The third-order valence-corrected chi connectivity index (χ3v) is 3.66. The lowest BCUT2D eigenvalue weighted by Crippen LogP contribution is -2.02. The van der Waals surface area contributed by atoms with Crippen molar-refractivity contribution >= 4 is 28.2 Å². The largest absolute Gasteiger partial charge is 0.379 e. The number of benzene rings is 1. The third kappa shape index (κ3) is 2.45.